The van der Waals surface area contributed by atoms with Crippen molar-refractivity contribution in [1.82, 2.24) is 20.0 Å². The average Bonchev–Trinajstić information content (AvgIpc) is 2.85. The molecule has 0 unspecified atom stereocenters. The Morgan fingerprint density at radius 3 is 1.70 bits per heavy atom. The standard InChI is InChI=1S/C27H37Cl2N5O3/c1-32(2)15-3-14-31-18-26(36)34(17-13-22-6-10-24(29)11-7-22)20-27(37)33(19-25(30)35)16-12-21-4-8-23(28)9-5-21/h4-11,31H,3,12-20H2,1-2H3,(H2,30,35). The summed E-state index contributed by atoms with van der Waals surface area (Å²) in [6, 6.07) is 14.7. The van der Waals surface area contributed by atoms with Crippen LogP contribution < -0.4 is 11.1 Å². The molecule has 3 amide bonds. The van der Waals surface area contributed by atoms with Crippen LogP contribution in [0, 0.1) is 0 Å². The van der Waals surface area contributed by atoms with Crippen LogP contribution in [0.2, 0.25) is 10.0 Å². The van der Waals surface area contributed by atoms with Crippen LogP contribution in [0.4, 0.5) is 0 Å². The molecule has 0 radical (unpaired) electrons. The monoisotopic (exact) mass is 549 g/mol. The zero-order chi connectivity index (χ0) is 27.2. The highest BCUT2D eigenvalue weighted by Gasteiger charge is 2.22. The maximum absolute atomic E-state index is 13.2. The van der Waals surface area contributed by atoms with Gasteiger partial charge in [-0.05, 0) is 81.8 Å². The van der Waals surface area contributed by atoms with E-state index in [0.29, 0.717) is 42.5 Å². The van der Waals surface area contributed by atoms with Crippen molar-refractivity contribution in [2.24, 2.45) is 5.73 Å². The molecule has 3 N–H and O–H groups in total. The van der Waals surface area contributed by atoms with Gasteiger partial charge >= 0.3 is 0 Å². The normalized spacial score (nSPS) is 10.9. The molecule has 0 fully saturated rings. The third-order valence-electron chi connectivity index (χ3n) is 5.78. The molecule has 2 rings (SSSR count). The van der Waals surface area contributed by atoms with Crippen LogP contribution in [0.1, 0.15) is 17.5 Å². The number of carbonyl (C=O) groups excluding carboxylic acids is 3. The van der Waals surface area contributed by atoms with Gasteiger partial charge in [-0.3, -0.25) is 14.4 Å². The molecule has 8 nitrogen and oxygen atoms in total. The Bertz CT molecular complexity index is 1000. The first-order valence-electron chi connectivity index (χ1n) is 12.3. The lowest BCUT2D eigenvalue weighted by atomic mass is 10.1. The number of nitrogens with two attached hydrogens (primary N) is 1. The molecule has 0 aliphatic heterocycles. The van der Waals surface area contributed by atoms with Gasteiger partial charge in [-0.25, -0.2) is 0 Å². The van der Waals surface area contributed by atoms with Crippen molar-refractivity contribution in [3.8, 4) is 0 Å². The minimum absolute atomic E-state index is 0.127. The van der Waals surface area contributed by atoms with Crippen molar-refractivity contribution in [1.29, 1.82) is 0 Å². The van der Waals surface area contributed by atoms with Gasteiger partial charge < -0.3 is 25.8 Å². The molecule has 0 aliphatic carbocycles. The van der Waals surface area contributed by atoms with E-state index in [1.54, 1.807) is 24.3 Å². The van der Waals surface area contributed by atoms with E-state index < -0.39 is 5.91 Å². The van der Waals surface area contributed by atoms with E-state index in [9.17, 15) is 14.4 Å². The van der Waals surface area contributed by atoms with E-state index in [0.717, 1.165) is 24.1 Å². The zero-order valence-electron chi connectivity index (χ0n) is 21.6. The van der Waals surface area contributed by atoms with Crippen LogP contribution in [0.15, 0.2) is 48.5 Å². The van der Waals surface area contributed by atoms with Gasteiger partial charge in [0, 0.05) is 23.1 Å². The highest BCUT2D eigenvalue weighted by Crippen LogP contribution is 2.12. The molecule has 0 aliphatic rings. The molecule has 37 heavy (non-hydrogen) atoms. The van der Waals surface area contributed by atoms with Gasteiger partial charge in [0.05, 0.1) is 19.6 Å². The summed E-state index contributed by atoms with van der Waals surface area (Å²) in [5.41, 5.74) is 7.40. The summed E-state index contributed by atoms with van der Waals surface area (Å²) in [5.74, 6) is -1.11. The highest BCUT2D eigenvalue weighted by atomic mass is 35.5. The second-order valence-corrected chi connectivity index (χ2v) is 10.1. The van der Waals surface area contributed by atoms with Crippen LogP contribution in [0.5, 0.6) is 0 Å². The molecule has 202 valence electrons. The Hall–Kier alpha value is -2.65. The summed E-state index contributed by atoms with van der Waals surface area (Å²) in [6.45, 7) is 2.03. The van der Waals surface area contributed by atoms with Gasteiger partial charge in [0.25, 0.3) is 0 Å². The third-order valence-corrected chi connectivity index (χ3v) is 6.28. The molecule has 2 aromatic carbocycles. The summed E-state index contributed by atoms with van der Waals surface area (Å²) in [5, 5.41) is 4.43. The van der Waals surface area contributed by atoms with Crippen LogP contribution >= 0.6 is 23.2 Å². The number of nitrogens with zero attached hydrogens (tertiary/aromatic N) is 3. The lowest BCUT2D eigenvalue weighted by Crippen LogP contribution is -2.48. The minimum Gasteiger partial charge on any atom is -0.368 e. The van der Waals surface area contributed by atoms with E-state index in [1.165, 1.54) is 9.80 Å². The Morgan fingerprint density at radius 2 is 1.24 bits per heavy atom. The Balaban J connectivity index is 2.04. The van der Waals surface area contributed by atoms with Crippen LogP contribution in [0.25, 0.3) is 0 Å². The molecule has 2 aromatic rings. The van der Waals surface area contributed by atoms with Gasteiger partial charge in [-0.15, -0.1) is 0 Å². The fourth-order valence-corrected chi connectivity index (χ4v) is 3.94. The molecular formula is C27H37Cl2N5O3. The number of benzene rings is 2. The second-order valence-electron chi connectivity index (χ2n) is 9.18. The van der Waals surface area contributed by atoms with Crippen molar-refractivity contribution in [2.75, 3.05) is 59.9 Å². The quantitative estimate of drug-likeness (QED) is 0.313. The van der Waals surface area contributed by atoms with Crippen LogP contribution in [0.3, 0.4) is 0 Å². The van der Waals surface area contributed by atoms with Gasteiger partial charge in [0.15, 0.2) is 0 Å². The number of carbonyl (C=O) groups is 3. The molecule has 0 aromatic heterocycles. The Labute approximate surface area is 229 Å². The topological polar surface area (TPSA) is 99.0 Å². The predicted octanol–water partition coefficient (Wildman–Crippen LogP) is 2.46. The molecule has 0 spiro atoms. The summed E-state index contributed by atoms with van der Waals surface area (Å²) in [7, 11) is 4.00. The van der Waals surface area contributed by atoms with Crippen molar-refractivity contribution in [3.05, 3.63) is 69.7 Å². The molecule has 0 saturated carbocycles. The van der Waals surface area contributed by atoms with Crippen LogP contribution in [-0.2, 0) is 27.2 Å². The van der Waals surface area contributed by atoms with Gasteiger partial charge in [0.1, 0.15) is 0 Å². The summed E-state index contributed by atoms with van der Waals surface area (Å²) < 4.78 is 0. The smallest absolute Gasteiger partial charge is 0.242 e. The highest BCUT2D eigenvalue weighted by molar-refractivity contribution is 6.30. The van der Waals surface area contributed by atoms with Crippen LogP contribution in [-0.4, -0.2) is 92.3 Å². The fourth-order valence-electron chi connectivity index (χ4n) is 3.69. The number of hydrogen-bond donors (Lipinski definition) is 2. The molecule has 0 heterocycles. The number of nitrogens with one attached hydrogen (secondary N) is 1. The Morgan fingerprint density at radius 1 is 0.757 bits per heavy atom. The molecular weight excluding hydrogens is 513 g/mol. The number of rotatable bonds is 16. The van der Waals surface area contributed by atoms with Gasteiger partial charge in [0.2, 0.25) is 17.7 Å². The van der Waals surface area contributed by atoms with Crippen molar-refractivity contribution in [3.63, 3.8) is 0 Å². The molecule has 0 bridgehead atoms. The summed E-state index contributed by atoms with van der Waals surface area (Å²) >= 11 is 11.9. The summed E-state index contributed by atoms with van der Waals surface area (Å²) in [4.78, 5) is 43.0. The number of halogens is 2. The molecule has 0 atom stereocenters. The lowest BCUT2D eigenvalue weighted by Gasteiger charge is -2.27. The SMILES string of the molecule is CN(C)CCCNCC(=O)N(CCc1ccc(Cl)cc1)CC(=O)N(CCc1ccc(Cl)cc1)CC(N)=O. The first kappa shape index (κ1) is 30.6. The maximum Gasteiger partial charge on any atom is 0.242 e. The van der Waals surface area contributed by atoms with E-state index in [-0.39, 0.29) is 31.4 Å². The summed E-state index contributed by atoms with van der Waals surface area (Å²) in [6.07, 6.45) is 2.00. The van der Waals surface area contributed by atoms with E-state index in [1.807, 2.05) is 38.4 Å². The van der Waals surface area contributed by atoms with Crippen molar-refractivity contribution < 1.29 is 14.4 Å². The number of hydrogen-bond acceptors (Lipinski definition) is 5. The molecule has 0 saturated heterocycles. The average molecular weight is 551 g/mol. The van der Waals surface area contributed by atoms with E-state index >= 15 is 0 Å². The minimum atomic E-state index is -0.606. The van der Waals surface area contributed by atoms with Gasteiger partial charge in [-0.1, -0.05) is 47.5 Å². The van der Waals surface area contributed by atoms with Crippen molar-refractivity contribution >= 4 is 40.9 Å². The number of primary amides is 1. The predicted molar refractivity (Wildman–Crippen MR) is 149 cm³/mol. The van der Waals surface area contributed by atoms with Crippen molar-refractivity contribution in [2.45, 2.75) is 19.3 Å². The third kappa shape index (κ3) is 12.4. The fraction of sp³-hybridized carbons (Fsp3) is 0.444. The molecule has 10 heteroatoms. The maximum atomic E-state index is 13.2. The van der Waals surface area contributed by atoms with Gasteiger partial charge in [-0.2, -0.15) is 0 Å². The Kier molecular flexibility index (Phi) is 13.4. The first-order valence-corrected chi connectivity index (χ1v) is 13.1. The second kappa shape index (κ2) is 16.2. The first-order chi connectivity index (χ1) is 17.6. The van der Waals surface area contributed by atoms with E-state index in [2.05, 4.69) is 10.2 Å². The largest absolute Gasteiger partial charge is 0.368 e. The lowest BCUT2D eigenvalue weighted by molar-refractivity contribution is -0.141. The number of amides is 3. The van der Waals surface area contributed by atoms with E-state index in [4.69, 9.17) is 28.9 Å². The zero-order valence-corrected chi connectivity index (χ0v) is 23.1.